The molecule has 1 saturated heterocycles. The van der Waals surface area contributed by atoms with Crippen LogP contribution in [-0.2, 0) is 21.8 Å². The number of aryl methyl sites for hydroxylation is 1. The lowest BCUT2D eigenvalue weighted by molar-refractivity contribution is -0.143. The Hall–Kier alpha value is -0.670. The first kappa shape index (κ1) is 15.2. The number of aliphatic hydroxyl groups is 1. The molecule has 2 heterocycles. The Morgan fingerprint density at radius 2 is 2.19 bits per heavy atom. The van der Waals surface area contributed by atoms with E-state index in [1.165, 1.54) is 17.9 Å². The van der Waals surface area contributed by atoms with E-state index < -0.39 is 21.5 Å². The summed E-state index contributed by atoms with van der Waals surface area (Å²) < 4.78 is 34.2. The summed E-state index contributed by atoms with van der Waals surface area (Å²) in [4.78, 5) is 0. The lowest BCUT2D eigenvalue weighted by atomic mass is 9.58. The minimum absolute atomic E-state index is 0.0484. The molecule has 1 aliphatic heterocycles. The Labute approximate surface area is 128 Å². The molecule has 2 fully saturated rings. The molecule has 1 spiro atoms. The summed E-state index contributed by atoms with van der Waals surface area (Å²) >= 11 is 5.91. The van der Waals surface area contributed by atoms with Crippen molar-refractivity contribution in [3.63, 3.8) is 0 Å². The first-order valence-corrected chi connectivity index (χ1v) is 8.68. The molecule has 0 bridgehead atoms. The Balaban J connectivity index is 1.83. The quantitative estimate of drug-likeness (QED) is 0.827. The van der Waals surface area contributed by atoms with Crippen molar-refractivity contribution >= 4 is 21.6 Å². The summed E-state index contributed by atoms with van der Waals surface area (Å²) in [5.74, 6) is 0. The molecule has 1 aliphatic carbocycles. The summed E-state index contributed by atoms with van der Waals surface area (Å²) in [5, 5.41) is 14.0. The topological polar surface area (TPSA) is 93.5 Å². The smallest absolute Gasteiger partial charge is 0.259 e. The Kier molecular flexibility index (Phi) is 3.77. The SMILES string of the molecule is Cn1ncc(Cl)c1S(=O)(=O)N[C@@H]1C[C@@H](O)C12CCOCC2. The van der Waals surface area contributed by atoms with Gasteiger partial charge in [0, 0.05) is 31.7 Å². The van der Waals surface area contributed by atoms with E-state index >= 15 is 0 Å². The predicted molar refractivity (Wildman–Crippen MR) is 75.4 cm³/mol. The molecule has 7 nitrogen and oxygen atoms in total. The van der Waals surface area contributed by atoms with Gasteiger partial charge in [-0.15, -0.1) is 0 Å². The summed E-state index contributed by atoms with van der Waals surface area (Å²) in [6, 6.07) is -0.299. The highest BCUT2D eigenvalue weighted by atomic mass is 35.5. The third-order valence-electron chi connectivity index (χ3n) is 4.63. The third-order valence-corrected chi connectivity index (χ3v) is 6.61. The number of aliphatic hydroxyl groups excluding tert-OH is 1. The minimum Gasteiger partial charge on any atom is -0.392 e. The summed E-state index contributed by atoms with van der Waals surface area (Å²) in [6.45, 7) is 1.09. The fraction of sp³-hybridized carbons (Fsp3) is 0.750. The number of sulfonamides is 1. The van der Waals surface area contributed by atoms with Gasteiger partial charge in [-0.1, -0.05) is 11.6 Å². The zero-order valence-corrected chi connectivity index (χ0v) is 13.2. The molecule has 9 heteroatoms. The number of nitrogens with one attached hydrogen (secondary N) is 1. The van der Waals surface area contributed by atoms with Crippen LogP contribution in [0, 0.1) is 5.41 Å². The van der Waals surface area contributed by atoms with E-state index in [4.69, 9.17) is 16.3 Å². The van der Waals surface area contributed by atoms with Gasteiger partial charge in [-0.3, -0.25) is 4.68 Å². The Morgan fingerprint density at radius 3 is 2.71 bits per heavy atom. The van der Waals surface area contributed by atoms with Crippen LogP contribution in [0.25, 0.3) is 0 Å². The summed E-state index contributed by atoms with van der Waals surface area (Å²) in [7, 11) is -2.24. The van der Waals surface area contributed by atoms with E-state index in [2.05, 4.69) is 9.82 Å². The number of ether oxygens (including phenoxy) is 1. The lowest BCUT2D eigenvalue weighted by Crippen LogP contribution is -2.65. The molecule has 0 aromatic carbocycles. The molecule has 2 N–H and O–H groups in total. The lowest BCUT2D eigenvalue weighted by Gasteiger charge is -2.55. The molecule has 2 atom stereocenters. The van der Waals surface area contributed by atoms with Gasteiger partial charge in [0.1, 0.15) is 0 Å². The molecule has 0 radical (unpaired) electrons. The zero-order chi connectivity index (χ0) is 15.3. The molecule has 21 heavy (non-hydrogen) atoms. The number of aromatic nitrogens is 2. The minimum atomic E-state index is -3.77. The van der Waals surface area contributed by atoms with Crippen LogP contribution in [0.5, 0.6) is 0 Å². The number of halogens is 1. The molecule has 0 amide bonds. The molecule has 1 saturated carbocycles. The number of hydrogen-bond donors (Lipinski definition) is 2. The maximum absolute atomic E-state index is 12.5. The molecular formula is C12H18ClN3O4S. The average molecular weight is 336 g/mol. The third kappa shape index (κ3) is 2.39. The van der Waals surface area contributed by atoms with Crippen LogP contribution in [0.2, 0.25) is 5.02 Å². The highest BCUT2D eigenvalue weighted by Crippen LogP contribution is 2.49. The van der Waals surface area contributed by atoms with Gasteiger partial charge in [-0.05, 0) is 19.3 Å². The van der Waals surface area contributed by atoms with Crippen LogP contribution in [0.4, 0.5) is 0 Å². The molecule has 2 aliphatic rings. The summed E-state index contributed by atoms with van der Waals surface area (Å²) in [6.07, 6.45) is 2.53. The van der Waals surface area contributed by atoms with Crippen LogP contribution in [0.3, 0.4) is 0 Å². The second kappa shape index (κ2) is 5.20. The second-order valence-electron chi connectivity index (χ2n) is 5.69. The van der Waals surface area contributed by atoms with Crippen molar-refractivity contribution < 1.29 is 18.3 Å². The van der Waals surface area contributed by atoms with E-state index in [9.17, 15) is 13.5 Å². The van der Waals surface area contributed by atoms with Crippen LogP contribution < -0.4 is 4.72 Å². The van der Waals surface area contributed by atoms with E-state index in [0.717, 1.165) is 0 Å². The van der Waals surface area contributed by atoms with Gasteiger partial charge in [0.05, 0.1) is 17.3 Å². The van der Waals surface area contributed by atoms with Crippen molar-refractivity contribution in [2.75, 3.05) is 13.2 Å². The first-order valence-electron chi connectivity index (χ1n) is 6.82. The van der Waals surface area contributed by atoms with Gasteiger partial charge in [-0.2, -0.15) is 5.10 Å². The van der Waals surface area contributed by atoms with Gasteiger partial charge in [0.15, 0.2) is 5.03 Å². The van der Waals surface area contributed by atoms with Crippen molar-refractivity contribution in [3.8, 4) is 0 Å². The molecule has 0 unspecified atom stereocenters. The molecular weight excluding hydrogens is 318 g/mol. The van der Waals surface area contributed by atoms with Crippen molar-refractivity contribution in [3.05, 3.63) is 11.2 Å². The Morgan fingerprint density at radius 1 is 1.52 bits per heavy atom. The summed E-state index contributed by atoms with van der Waals surface area (Å²) in [5.41, 5.74) is -0.420. The Bertz CT molecular complexity index is 619. The van der Waals surface area contributed by atoms with Crippen LogP contribution in [-0.4, -0.2) is 48.7 Å². The van der Waals surface area contributed by atoms with E-state index in [1.807, 2.05) is 0 Å². The maximum Gasteiger partial charge on any atom is 0.259 e. The zero-order valence-electron chi connectivity index (χ0n) is 11.6. The molecule has 1 aromatic heterocycles. The standard InChI is InChI=1S/C12H18ClN3O4S/c1-16-11(8(13)7-14-16)21(18,19)15-9-6-10(17)12(9)2-4-20-5-3-12/h7,9-10,15,17H,2-6H2,1H3/t9-,10-/m1/s1. The monoisotopic (exact) mass is 335 g/mol. The van der Waals surface area contributed by atoms with Gasteiger partial charge >= 0.3 is 0 Å². The van der Waals surface area contributed by atoms with Gasteiger partial charge in [0.25, 0.3) is 10.0 Å². The first-order chi connectivity index (χ1) is 9.87. The van der Waals surface area contributed by atoms with E-state index in [0.29, 0.717) is 32.5 Å². The van der Waals surface area contributed by atoms with Gasteiger partial charge < -0.3 is 9.84 Å². The molecule has 118 valence electrons. The predicted octanol–water partition coefficient (Wildman–Crippen LogP) is 0.282. The second-order valence-corrected chi connectivity index (χ2v) is 7.73. The van der Waals surface area contributed by atoms with Crippen LogP contribution in [0.1, 0.15) is 19.3 Å². The largest absolute Gasteiger partial charge is 0.392 e. The fourth-order valence-corrected chi connectivity index (χ4v) is 5.30. The fourth-order valence-electron chi connectivity index (χ4n) is 3.31. The van der Waals surface area contributed by atoms with E-state index in [1.54, 1.807) is 0 Å². The highest BCUT2D eigenvalue weighted by Gasteiger charge is 2.56. The normalized spacial score (nSPS) is 28.5. The van der Waals surface area contributed by atoms with Gasteiger partial charge in [-0.25, -0.2) is 13.1 Å². The van der Waals surface area contributed by atoms with E-state index in [-0.39, 0.29) is 16.1 Å². The van der Waals surface area contributed by atoms with Crippen LogP contribution >= 0.6 is 11.6 Å². The maximum atomic E-state index is 12.5. The van der Waals surface area contributed by atoms with Crippen molar-refractivity contribution in [1.82, 2.24) is 14.5 Å². The van der Waals surface area contributed by atoms with Gasteiger partial charge in [0.2, 0.25) is 0 Å². The molecule has 3 rings (SSSR count). The van der Waals surface area contributed by atoms with Crippen molar-refractivity contribution in [2.24, 2.45) is 12.5 Å². The highest BCUT2D eigenvalue weighted by molar-refractivity contribution is 7.89. The number of hydrogen-bond acceptors (Lipinski definition) is 5. The average Bonchev–Trinajstić information content (AvgIpc) is 2.79. The molecule has 1 aromatic rings. The van der Waals surface area contributed by atoms with Crippen molar-refractivity contribution in [1.29, 1.82) is 0 Å². The number of rotatable bonds is 3. The van der Waals surface area contributed by atoms with Crippen molar-refractivity contribution in [2.45, 2.75) is 36.4 Å². The van der Waals surface area contributed by atoms with Crippen LogP contribution in [0.15, 0.2) is 11.2 Å². The number of nitrogens with zero attached hydrogens (tertiary/aromatic N) is 2.